The van der Waals surface area contributed by atoms with E-state index in [-0.39, 0.29) is 29.3 Å². The van der Waals surface area contributed by atoms with E-state index in [1.54, 1.807) is 21.1 Å². The van der Waals surface area contributed by atoms with E-state index in [0.29, 0.717) is 55.0 Å². The topological polar surface area (TPSA) is 102 Å². The first-order chi connectivity index (χ1) is 20.1. The lowest BCUT2D eigenvalue weighted by molar-refractivity contribution is -0.126. The third kappa shape index (κ3) is 6.09. The number of hydrogen-bond donors (Lipinski definition) is 1. The van der Waals surface area contributed by atoms with E-state index < -0.39 is 0 Å². The van der Waals surface area contributed by atoms with Crippen LogP contribution in [0.25, 0.3) is 5.69 Å². The Morgan fingerprint density at radius 3 is 2.43 bits per heavy atom. The molecule has 5 rings (SSSR count). The zero-order valence-corrected chi connectivity index (χ0v) is 25.9. The van der Waals surface area contributed by atoms with E-state index in [1.807, 2.05) is 49.5 Å². The number of benzene rings is 2. The Hall–Kier alpha value is -4.05. The molecule has 1 fully saturated rings. The van der Waals surface area contributed by atoms with Crippen molar-refractivity contribution in [3.8, 4) is 5.69 Å². The quantitative estimate of drug-likeness (QED) is 0.313. The first-order valence-electron chi connectivity index (χ1n) is 14.2. The van der Waals surface area contributed by atoms with Gasteiger partial charge in [-0.3, -0.25) is 19.0 Å². The minimum Gasteiger partial charge on any atom is -0.350 e. The standard InChI is InChI=1S/C32H35BrN6O3/c1-20-16-25(10-11-28(20)33)22(3)38-19-26(35-36-38)18-34-31(41)24-12-14-37(15-13-24)32(42)30-21(2)17-29(40)39(23(30)4)27-8-6-5-7-9-27/h5-11,16-17,19,22,24H,12-15,18H2,1-4H3,(H,34,41)/t22-/m0/s1. The highest BCUT2D eigenvalue weighted by Gasteiger charge is 2.30. The molecular formula is C32H35BrN6O3. The van der Waals surface area contributed by atoms with Crippen molar-refractivity contribution in [3.63, 3.8) is 0 Å². The number of likely N-dealkylation sites (tertiary alicyclic amines) is 1. The molecule has 9 nitrogen and oxygen atoms in total. The molecule has 0 spiro atoms. The van der Waals surface area contributed by atoms with Gasteiger partial charge in [-0.2, -0.15) is 0 Å². The van der Waals surface area contributed by atoms with Crippen LogP contribution in [-0.4, -0.2) is 49.4 Å². The van der Waals surface area contributed by atoms with Gasteiger partial charge < -0.3 is 10.2 Å². The molecule has 2 aromatic carbocycles. The highest BCUT2D eigenvalue weighted by Crippen LogP contribution is 2.25. The van der Waals surface area contributed by atoms with Crippen LogP contribution in [0.1, 0.15) is 64.2 Å². The molecule has 3 heterocycles. The van der Waals surface area contributed by atoms with Crippen molar-refractivity contribution in [1.82, 2.24) is 29.8 Å². The molecule has 10 heteroatoms. The third-order valence-corrected chi connectivity index (χ3v) is 8.99. The van der Waals surface area contributed by atoms with Gasteiger partial charge in [0.2, 0.25) is 5.91 Å². The normalized spacial score (nSPS) is 14.5. The Labute approximate surface area is 253 Å². The van der Waals surface area contributed by atoms with Crippen molar-refractivity contribution < 1.29 is 9.59 Å². The molecular weight excluding hydrogens is 596 g/mol. The molecule has 0 aliphatic carbocycles. The average molecular weight is 632 g/mol. The number of pyridine rings is 1. The molecule has 0 saturated carbocycles. The van der Waals surface area contributed by atoms with Crippen LogP contribution in [0.4, 0.5) is 0 Å². The number of carbonyl (C=O) groups is 2. The summed E-state index contributed by atoms with van der Waals surface area (Å²) in [5, 5.41) is 11.5. The summed E-state index contributed by atoms with van der Waals surface area (Å²) in [5.74, 6) is -0.340. The minimum absolute atomic E-state index is 0.00917. The molecule has 1 aliphatic rings. The van der Waals surface area contributed by atoms with Gasteiger partial charge >= 0.3 is 0 Å². The van der Waals surface area contributed by atoms with E-state index in [4.69, 9.17) is 0 Å². The summed E-state index contributed by atoms with van der Waals surface area (Å²) in [6.45, 7) is 8.97. The SMILES string of the molecule is Cc1cc([C@H](C)n2cc(CNC(=O)C3CCN(C(=O)c4c(C)cc(=O)n(-c5ccccc5)c4C)CC3)nn2)ccc1Br. The van der Waals surface area contributed by atoms with Crippen LogP contribution < -0.4 is 10.9 Å². The van der Waals surface area contributed by atoms with E-state index in [2.05, 4.69) is 57.5 Å². The maximum absolute atomic E-state index is 13.6. The third-order valence-electron chi connectivity index (χ3n) is 8.10. The molecule has 2 aromatic heterocycles. The van der Waals surface area contributed by atoms with Crippen molar-refractivity contribution in [2.24, 2.45) is 5.92 Å². The summed E-state index contributed by atoms with van der Waals surface area (Å²) in [6.07, 6.45) is 3.00. The molecule has 1 saturated heterocycles. The summed E-state index contributed by atoms with van der Waals surface area (Å²) < 4.78 is 4.45. The second-order valence-corrected chi connectivity index (χ2v) is 11.8. The van der Waals surface area contributed by atoms with Gasteiger partial charge in [-0.05, 0) is 75.4 Å². The van der Waals surface area contributed by atoms with Gasteiger partial charge in [0.15, 0.2) is 0 Å². The fourth-order valence-corrected chi connectivity index (χ4v) is 5.84. The molecule has 0 radical (unpaired) electrons. The summed E-state index contributed by atoms with van der Waals surface area (Å²) >= 11 is 3.54. The number of nitrogens with one attached hydrogen (secondary N) is 1. The number of hydrogen-bond acceptors (Lipinski definition) is 5. The number of rotatable bonds is 7. The summed E-state index contributed by atoms with van der Waals surface area (Å²) in [4.78, 5) is 41.2. The smallest absolute Gasteiger partial charge is 0.255 e. The number of aromatic nitrogens is 4. The largest absolute Gasteiger partial charge is 0.350 e. The number of halogens is 1. The fourth-order valence-electron chi connectivity index (χ4n) is 5.59. The maximum Gasteiger partial charge on any atom is 0.255 e. The van der Waals surface area contributed by atoms with Gasteiger partial charge in [-0.15, -0.1) is 5.10 Å². The van der Waals surface area contributed by atoms with E-state index >= 15 is 0 Å². The highest BCUT2D eigenvalue weighted by atomic mass is 79.9. The van der Waals surface area contributed by atoms with Crippen molar-refractivity contribution in [2.75, 3.05) is 13.1 Å². The summed E-state index contributed by atoms with van der Waals surface area (Å²) in [5.41, 5.74) is 5.35. The van der Waals surface area contributed by atoms with Crippen LogP contribution >= 0.6 is 15.9 Å². The van der Waals surface area contributed by atoms with Crippen LogP contribution in [0.3, 0.4) is 0 Å². The van der Waals surface area contributed by atoms with E-state index in [1.165, 1.54) is 6.07 Å². The van der Waals surface area contributed by atoms with Crippen LogP contribution in [0.2, 0.25) is 0 Å². The van der Waals surface area contributed by atoms with Gasteiger partial charge in [-0.1, -0.05) is 51.5 Å². The second kappa shape index (κ2) is 12.4. The zero-order chi connectivity index (χ0) is 30.0. The molecule has 0 unspecified atom stereocenters. The van der Waals surface area contributed by atoms with Gasteiger partial charge in [0.25, 0.3) is 11.5 Å². The van der Waals surface area contributed by atoms with E-state index in [9.17, 15) is 14.4 Å². The average Bonchev–Trinajstić information content (AvgIpc) is 3.46. The van der Waals surface area contributed by atoms with Crippen LogP contribution in [0.15, 0.2) is 70.1 Å². The van der Waals surface area contributed by atoms with Crippen LogP contribution in [0.5, 0.6) is 0 Å². The number of amides is 2. The Morgan fingerprint density at radius 1 is 1.02 bits per heavy atom. The summed E-state index contributed by atoms with van der Waals surface area (Å²) in [7, 11) is 0. The summed E-state index contributed by atoms with van der Waals surface area (Å²) in [6, 6.07) is 17.1. The molecule has 4 aromatic rings. The molecule has 42 heavy (non-hydrogen) atoms. The second-order valence-electron chi connectivity index (χ2n) is 11.0. The maximum atomic E-state index is 13.6. The monoisotopic (exact) mass is 630 g/mol. The lowest BCUT2D eigenvalue weighted by atomic mass is 9.94. The number of aryl methyl sites for hydroxylation is 2. The van der Waals surface area contributed by atoms with Crippen LogP contribution in [-0.2, 0) is 11.3 Å². The van der Waals surface area contributed by atoms with Gasteiger partial charge in [0.1, 0.15) is 5.69 Å². The van der Waals surface area contributed by atoms with Crippen molar-refractivity contribution >= 4 is 27.7 Å². The highest BCUT2D eigenvalue weighted by molar-refractivity contribution is 9.10. The lowest BCUT2D eigenvalue weighted by Crippen LogP contribution is -2.43. The first kappa shape index (κ1) is 29.4. The molecule has 218 valence electrons. The molecule has 0 bridgehead atoms. The molecule has 1 N–H and O–H groups in total. The molecule has 1 atom stereocenters. The van der Waals surface area contributed by atoms with Crippen molar-refractivity contribution in [3.05, 3.63) is 109 Å². The fraction of sp³-hybridized carbons (Fsp3) is 0.344. The number of carbonyl (C=O) groups excluding carboxylic acids is 2. The molecule has 1 aliphatic heterocycles. The van der Waals surface area contributed by atoms with Crippen molar-refractivity contribution in [1.29, 1.82) is 0 Å². The van der Waals surface area contributed by atoms with E-state index in [0.717, 1.165) is 21.3 Å². The Balaban J connectivity index is 1.18. The van der Waals surface area contributed by atoms with Gasteiger partial charge in [0.05, 0.1) is 24.3 Å². The zero-order valence-electron chi connectivity index (χ0n) is 24.3. The van der Waals surface area contributed by atoms with Crippen molar-refractivity contribution in [2.45, 2.75) is 53.1 Å². The first-order valence-corrected chi connectivity index (χ1v) is 15.0. The van der Waals surface area contributed by atoms with Crippen LogP contribution in [0, 0.1) is 26.7 Å². The molecule has 2 amide bonds. The minimum atomic E-state index is -0.186. The predicted molar refractivity (Wildman–Crippen MR) is 165 cm³/mol. The predicted octanol–water partition coefficient (Wildman–Crippen LogP) is 4.89. The Kier molecular flexibility index (Phi) is 8.72. The van der Waals surface area contributed by atoms with Gasteiger partial charge in [0, 0.05) is 40.9 Å². The lowest BCUT2D eigenvalue weighted by Gasteiger charge is -2.32. The Bertz CT molecular complexity index is 1670. The number of para-hydroxylation sites is 1. The van der Waals surface area contributed by atoms with Gasteiger partial charge in [-0.25, -0.2) is 4.68 Å². The number of nitrogens with zero attached hydrogens (tertiary/aromatic N) is 5. The number of piperidine rings is 1. The Morgan fingerprint density at radius 2 is 1.74 bits per heavy atom.